The molecule has 3 aromatic heterocycles. The summed E-state index contributed by atoms with van der Waals surface area (Å²) in [6.07, 6.45) is 9.75. The second-order valence-corrected chi connectivity index (χ2v) is 10.2. The Labute approximate surface area is 196 Å². The number of rotatable bonds is 7. The maximum atomic E-state index is 13.0. The molecule has 1 aliphatic rings. The van der Waals surface area contributed by atoms with Gasteiger partial charge in [0.05, 0.1) is 10.8 Å². The number of nitriles is 1. The first-order valence-corrected chi connectivity index (χ1v) is 12.7. The van der Waals surface area contributed by atoms with Crippen LogP contribution in [0, 0.1) is 11.3 Å². The molecule has 0 aromatic carbocycles. The number of hydrogen-bond donors (Lipinski definition) is 1. The number of nitrogens with zero attached hydrogens (tertiary/aromatic N) is 5. The summed E-state index contributed by atoms with van der Waals surface area (Å²) in [6.45, 7) is 4.73. The maximum absolute atomic E-state index is 13.0. The second kappa shape index (κ2) is 10.3. The van der Waals surface area contributed by atoms with Crippen molar-refractivity contribution in [3.63, 3.8) is 0 Å². The lowest BCUT2D eigenvalue weighted by atomic mass is 10.1. The van der Waals surface area contributed by atoms with Gasteiger partial charge in [-0.3, -0.25) is 9.78 Å². The van der Waals surface area contributed by atoms with Crippen molar-refractivity contribution in [2.24, 2.45) is 0 Å². The van der Waals surface area contributed by atoms with E-state index in [0.29, 0.717) is 15.7 Å². The lowest BCUT2D eigenvalue weighted by Crippen LogP contribution is -2.23. The largest absolute Gasteiger partial charge is 0.316 e. The third-order valence-electron chi connectivity index (χ3n) is 5.52. The van der Waals surface area contributed by atoms with Crippen LogP contribution < -0.4 is 5.32 Å². The molecule has 4 rings (SSSR count). The van der Waals surface area contributed by atoms with Gasteiger partial charge >= 0.3 is 0 Å². The van der Waals surface area contributed by atoms with Crippen LogP contribution in [0.2, 0.25) is 0 Å². The maximum Gasteiger partial charge on any atom is 0.238 e. The minimum atomic E-state index is -0.381. The zero-order valence-electron chi connectivity index (χ0n) is 18.3. The number of anilines is 1. The van der Waals surface area contributed by atoms with Gasteiger partial charge in [0.2, 0.25) is 5.91 Å². The number of thiophene rings is 1. The molecular weight excluding hydrogens is 440 g/mol. The monoisotopic (exact) mass is 466 g/mol. The van der Waals surface area contributed by atoms with E-state index < -0.39 is 0 Å². The first-order chi connectivity index (χ1) is 15.6. The number of carbonyl (C=O) groups excluding carboxylic acids is 1. The fourth-order valence-electron chi connectivity index (χ4n) is 3.89. The molecule has 7 nitrogen and oxygen atoms in total. The number of aromatic nitrogens is 4. The molecule has 0 radical (unpaired) electrons. The standard InChI is InChI=1S/C23H26N6OS2/c1-3-13-29-20(16-9-11-25-12-10-16)27-28-23(29)31-15(2)21(30)26-22-18(14-24)17-7-5-4-6-8-19(17)32-22/h9-12,15H,3-8,13H2,1-2H3,(H,26,30)/t15-/m0/s1. The number of carbonyl (C=O) groups is 1. The van der Waals surface area contributed by atoms with Crippen LogP contribution in [0.25, 0.3) is 11.4 Å². The molecule has 0 saturated heterocycles. The van der Waals surface area contributed by atoms with Gasteiger partial charge in [0.15, 0.2) is 11.0 Å². The highest BCUT2D eigenvalue weighted by Crippen LogP contribution is 2.37. The zero-order chi connectivity index (χ0) is 22.5. The molecular formula is C23H26N6OS2. The number of thioether (sulfide) groups is 1. The third-order valence-corrected chi connectivity index (χ3v) is 7.81. The summed E-state index contributed by atoms with van der Waals surface area (Å²) in [7, 11) is 0. The summed E-state index contributed by atoms with van der Waals surface area (Å²) in [5, 5.41) is 22.5. The molecule has 1 aliphatic carbocycles. The molecule has 9 heteroatoms. The molecule has 0 saturated carbocycles. The van der Waals surface area contributed by atoms with Gasteiger partial charge in [0.25, 0.3) is 0 Å². The summed E-state index contributed by atoms with van der Waals surface area (Å²) >= 11 is 2.95. The molecule has 0 bridgehead atoms. The lowest BCUT2D eigenvalue weighted by molar-refractivity contribution is -0.115. The van der Waals surface area contributed by atoms with Crippen LogP contribution in [-0.2, 0) is 24.2 Å². The van der Waals surface area contributed by atoms with Crippen LogP contribution in [0.15, 0.2) is 29.7 Å². The van der Waals surface area contributed by atoms with E-state index in [9.17, 15) is 10.1 Å². The van der Waals surface area contributed by atoms with Crippen molar-refractivity contribution in [2.45, 2.75) is 69.3 Å². The van der Waals surface area contributed by atoms with Crippen LogP contribution in [-0.4, -0.2) is 30.9 Å². The summed E-state index contributed by atoms with van der Waals surface area (Å²) < 4.78 is 2.05. The first kappa shape index (κ1) is 22.5. The molecule has 3 heterocycles. The average Bonchev–Trinajstić information content (AvgIpc) is 3.26. The van der Waals surface area contributed by atoms with Crippen molar-refractivity contribution in [2.75, 3.05) is 5.32 Å². The quantitative estimate of drug-likeness (QED) is 0.386. The smallest absolute Gasteiger partial charge is 0.238 e. The van der Waals surface area contributed by atoms with E-state index in [2.05, 4.69) is 38.1 Å². The van der Waals surface area contributed by atoms with E-state index in [0.717, 1.165) is 55.6 Å². The Balaban J connectivity index is 1.51. The van der Waals surface area contributed by atoms with Gasteiger partial charge in [-0.1, -0.05) is 25.1 Å². The van der Waals surface area contributed by atoms with E-state index in [1.165, 1.54) is 23.1 Å². The van der Waals surface area contributed by atoms with Crippen molar-refractivity contribution in [3.8, 4) is 17.5 Å². The highest BCUT2D eigenvalue weighted by Gasteiger charge is 2.25. The summed E-state index contributed by atoms with van der Waals surface area (Å²) in [6, 6.07) is 6.15. The Morgan fingerprint density at radius 3 is 2.81 bits per heavy atom. The van der Waals surface area contributed by atoms with Crippen LogP contribution in [0.4, 0.5) is 5.00 Å². The number of amides is 1. The summed E-state index contributed by atoms with van der Waals surface area (Å²) in [5.74, 6) is 0.651. The fourth-order valence-corrected chi connectivity index (χ4v) is 6.01. The number of pyridine rings is 1. The Kier molecular flexibility index (Phi) is 7.22. The molecule has 0 unspecified atom stereocenters. The Bertz CT molecular complexity index is 1130. The van der Waals surface area contributed by atoms with Crippen molar-refractivity contribution in [1.29, 1.82) is 5.26 Å². The zero-order valence-corrected chi connectivity index (χ0v) is 19.9. The summed E-state index contributed by atoms with van der Waals surface area (Å²) in [5.41, 5.74) is 2.73. The minimum absolute atomic E-state index is 0.126. The van der Waals surface area contributed by atoms with Gasteiger partial charge in [-0.25, -0.2) is 0 Å². The predicted molar refractivity (Wildman–Crippen MR) is 128 cm³/mol. The van der Waals surface area contributed by atoms with Crippen molar-refractivity contribution >= 4 is 34.0 Å². The highest BCUT2D eigenvalue weighted by molar-refractivity contribution is 8.00. The molecule has 166 valence electrons. The predicted octanol–water partition coefficient (Wildman–Crippen LogP) is 5.07. The molecule has 3 aromatic rings. The molecule has 32 heavy (non-hydrogen) atoms. The summed E-state index contributed by atoms with van der Waals surface area (Å²) in [4.78, 5) is 18.3. The van der Waals surface area contributed by atoms with Gasteiger partial charge in [-0.15, -0.1) is 21.5 Å². The third kappa shape index (κ3) is 4.71. The van der Waals surface area contributed by atoms with Crippen LogP contribution in [0.3, 0.4) is 0 Å². The highest BCUT2D eigenvalue weighted by atomic mass is 32.2. The van der Waals surface area contributed by atoms with Crippen molar-refractivity contribution in [1.82, 2.24) is 19.7 Å². The molecule has 0 spiro atoms. The number of aryl methyl sites for hydroxylation is 1. The van der Waals surface area contributed by atoms with Crippen molar-refractivity contribution < 1.29 is 4.79 Å². The Morgan fingerprint density at radius 1 is 1.28 bits per heavy atom. The van der Waals surface area contributed by atoms with E-state index in [1.54, 1.807) is 23.7 Å². The fraction of sp³-hybridized carbons (Fsp3) is 0.435. The molecule has 1 amide bonds. The Morgan fingerprint density at radius 2 is 2.06 bits per heavy atom. The second-order valence-electron chi connectivity index (χ2n) is 7.82. The number of nitrogens with one attached hydrogen (secondary N) is 1. The van der Waals surface area contributed by atoms with E-state index >= 15 is 0 Å². The van der Waals surface area contributed by atoms with Gasteiger partial charge in [0, 0.05) is 29.4 Å². The minimum Gasteiger partial charge on any atom is -0.316 e. The normalized spacial score (nSPS) is 14.3. The molecule has 1 N–H and O–H groups in total. The first-order valence-electron chi connectivity index (χ1n) is 11.0. The van der Waals surface area contributed by atoms with E-state index in [-0.39, 0.29) is 11.2 Å². The van der Waals surface area contributed by atoms with Gasteiger partial charge in [-0.05, 0) is 56.7 Å². The van der Waals surface area contributed by atoms with Crippen molar-refractivity contribution in [3.05, 3.63) is 40.5 Å². The average molecular weight is 467 g/mol. The Hall–Kier alpha value is -2.70. The lowest BCUT2D eigenvalue weighted by Gasteiger charge is -2.13. The van der Waals surface area contributed by atoms with Gasteiger partial charge < -0.3 is 9.88 Å². The van der Waals surface area contributed by atoms with E-state index in [4.69, 9.17) is 0 Å². The van der Waals surface area contributed by atoms with E-state index in [1.807, 2.05) is 19.1 Å². The molecule has 1 atom stereocenters. The van der Waals surface area contributed by atoms with Crippen LogP contribution in [0.1, 0.15) is 55.5 Å². The van der Waals surface area contributed by atoms with Crippen LogP contribution in [0.5, 0.6) is 0 Å². The number of fused-ring (bicyclic) bond motifs is 1. The van der Waals surface area contributed by atoms with Gasteiger partial charge in [0.1, 0.15) is 11.1 Å². The number of hydrogen-bond acceptors (Lipinski definition) is 7. The molecule has 0 aliphatic heterocycles. The van der Waals surface area contributed by atoms with Gasteiger partial charge in [-0.2, -0.15) is 5.26 Å². The van der Waals surface area contributed by atoms with Crippen LogP contribution >= 0.6 is 23.1 Å². The SMILES string of the molecule is CCCn1c(S[C@@H](C)C(=O)Nc2sc3c(c2C#N)CCCCC3)nnc1-c1ccncc1. The topological polar surface area (TPSA) is 96.5 Å². The molecule has 0 fully saturated rings.